The van der Waals surface area contributed by atoms with Gasteiger partial charge < -0.3 is 4.42 Å². The molecule has 0 radical (unpaired) electrons. The lowest BCUT2D eigenvalue weighted by molar-refractivity contribution is 0.669. The van der Waals surface area contributed by atoms with Gasteiger partial charge in [0.1, 0.15) is 11.2 Å². The average Bonchev–Trinajstić information content (AvgIpc) is 3.68. The molecule has 0 amide bonds. The smallest absolute Gasteiger partial charge is 0.164 e. The van der Waals surface area contributed by atoms with E-state index in [1.54, 1.807) is 0 Å². The highest BCUT2D eigenvalue weighted by molar-refractivity contribution is 6.27. The highest BCUT2D eigenvalue weighted by atomic mass is 16.3. The fraction of sp³-hybridized carbons (Fsp3) is 0. The number of benzene rings is 9. The van der Waals surface area contributed by atoms with Crippen LogP contribution in [0.2, 0.25) is 0 Å². The van der Waals surface area contributed by atoms with E-state index in [9.17, 15) is 0 Å². The van der Waals surface area contributed by atoms with E-state index < -0.39 is 0 Å². The molecule has 0 spiro atoms. The molecule has 274 valence electrons. The minimum Gasteiger partial charge on any atom is -0.456 e. The molecule has 0 aliphatic carbocycles. The summed E-state index contributed by atoms with van der Waals surface area (Å²) in [6.45, 7) is 0. The molecule has 12 rings (SSSR count). The summed E-state index contributed by atoms with van der Waals surface area (Å²) in [5, 5.41) is 10.1. The minimum atomic E-state index is 0.601. The Hall–Kier alpha value is -8.02. The number of nitrogens with zero attached hydrogens (tertiary/aromatic N) is 4. The first-order valence-corrected chi connectivity index (χ1v) is 19.8. The molecule has 0 unspecified atom stereocenters. The fourth-order valence-electron chi connectivity index (χ4n) is 8.63. The first-order valence-electron chi connectivity index (χ1n) is 19.8. The van der Waals surface area contributed by atoms with Crippen LogP contribution < -0.4 is 0 Å². The van der Waals surface area contributed by atoms with Crippen molar-refractivity contribution >= 4 is 65.2 Å². The van der Waals surface area contributed by atoms with Crippen molar-refractivity contribution in [1.29, 1.82) is 0 Å². The zero-order valence-electron chi connectivity index (χ0n) is 31.7. The zero-order chi connectivity index (χ0) is 38.9. The van der Waals surface area contributed by atoms with Crippen molar-refractivity contribution in [2.24, 2.45) is 0 Å². The van der Waals surface area contributed by atoms with Crippen LogP contribution in [0.3, 0.4) is 0 Å². The topological polar surface area (TPSA) is 64.7 Å². The van der Waals surface area contributed by atoms with Crippen LogP contribution in [-0.2, 0) is 0 Å². The van der Waals surface area contributed by atoms with Gasteiger partial charge in [0.05, 0.1) is 11.2 Å². The molecule has 0 bridgehead atoms. The molecular formula is C54H32N4O. The molecule has 5 heteroatoms. The summed E-state index contributed by atoms with van der Waals surface area (Å²) in [5.74, 6) is 1.85. The van der Waals surface area contributed by atoms with E-state index in [1.165, 1.54) is 10.8 Å². The monoisotopic (exact) mass is 752 g/mol. The maximum absolute atomic E-state index is 6.59. The van der Waals surface area contributed by atoms with Gasteiger partial charge in [-0.2, -0.15) is 0 Å². The van der Waals surface area contributed by atoms with Crippen molar-refractivity contribution in [3.8, 4) is 56.5 Å². The summed E-state index contributed by atoms with van der Waals surface area (Å²) in [4.78, 5) is 20.6. The van der Waals surface area contributed by atoms with Crippen LogP contribution in [0.25, 0.3) is 122 Å². The van der Waals surface area contributed by atoms with Crippen molar-refractivity contribution in [3.63, 3.8) is 0 Å². The molecule has 12 aromatic rings. The Morgan fingerprint density at radius 2 is 0.831 bits per heavy atom. The number of rotatable bonds is 5. The van der Waals surface area contributed by atoms with Gasteiger partial charge in [-0.05, 0) is 57.4 Å². The summed E-state index contributed by atoms with van der Waals surface area (Å²) in [5.41, 5.74) is 9.52. The SMILES string of the molecule is c1ccc(-c2c3c(cc4c(-c5ccc(-c6nc(-c7ccc8ccccc8c7)nc(-c7ccc8ccccc8c7)n6)cc5)nc5ccccc5c24)oc2ccccc23)cc1. The number of para-hydroxylation sites is 2. The maximum Gasteiger partial charge on any atom is 0.164 e. The fourth-order valence-corrected chi connectivity index (χ4v) is 8.63. The lowest BCUT2D eigenvalue weighted by atomic mass is 9.89. The Labute approximate surface area is 338 Å². The zero-order valence-corrected chi connectivity index (χ0v) is 31.7. The van der Waals surface area contributed by atoms with Crippen molar-refractivity contribution in [2.45, 2.75) is 0 Å². The van der Waals surface area contributed by atoms with E-state index >= 15 is 0 Å². The van der Waals surface area contributed by atoms with Crippen molar-refractivity contribution < 1.29 is 4.42 Å². The Kier molecular flexibility index (Phi) is 7.47. The minimum absolute atomic E-state index is 0.601. The molecule has 0 fully saturated rings. The number of hydrogen-bond donors (Lipinski definition) is 0. The maximum atomic E-state index is 6.59. The Morgan fingerprint density at radius 1 is 0.305 bits per heavy atom. The number of fused-ring (bicyclic) bond motifs is 8. The van der Waals surface area contributed by atoms with Crippen LogP contribution in [0.1, 0.15) is 0 Å². The third-order valence-corrected chi connectivity index (χ3v) is 11.5. The number of pyridine rings is 1. The number of aromatic nitrogens is 4. The van der Waals surface area contributed by atoms with E-state index in [0.717, 1.165) is 93.5 Å². The first kappa shape index (κ1) is 33.2. The number of furan rings is 1. The molecule has 0 saturated heterocycles. The third kappa shape index (κ3) is 5.55. The summed E-state index contributed by atoms with van der Waals surface area (Å²) >= 11 is 0. The summed E-state index contributed by atoms with van der Waals surface area (Å²) in [6.07, 6.45) is 0. The van der Waals surface area contributed by atoms with Gasteiger partial charge in [0.15, 0.2) is 17.5 Å². The number of hydrogen-bond acceptors (Lipinski definition) is 5. The van der Waals surface area contributed by atoms with Gasteiger partial charge in [0.2, 0.25) is 0 Å². The van der Waals surface area contributed by atoms with Crippen LogP contribution >= 0.6 is 0 Å². The second-order valence-electron chi connectivity index (χ2n) is 15.0. The molecule has 0 N–H and O–H groups in total. The summed E-state index contributed by atoms with van der Waals surface area (Å²) < 4.78 is 6.59. The molecule has 59 heavy (non-hydrogen) atoms. The largest absolute Gasteiger partial charge is 0.456 e. The molecule has 5 nitrogen and oxygen atoms in total. The molecule has 0 aliphatic heterocycles. The first-order chi connectivity index (χ1) is 29.2. The molecule has 0 aliphatic rings. The molecule has 3 heterocycles. The Bertz CT molecular complexity index is 3510. The third-order valence-electron chi connectivity index (χ3n) is 11.5. The molecule has 9 aromatic carbocycles. The Balaban J connectivity index is 1.05. The Morgan fingerprint density at radius 3 is 1.51 bits per heavy atom. The van der Waals surface area contributed by atoms with Crippen molar-refractivity contribution in [1.82, 2.24) is 19.9 Å². The van der Waals surface area contributed by atoms with Crippen LogP contribution in [0.15, 0.2) is 199 Å². The predicted molar refractivity (Wildman–Crippen MR) is 242 cm³/mol. The van der Waals surface area contributed by atoms with Crippen LogP contribution in [0.4, 0.5) is 0 Å². The van der Waals surface area contributed by atoms with Gasteiger partial charge in [-0.3, -0.25) is 0 Å². The van der Waals surface area contributed by atoms with Crippen molar-refractivity contribution in [3.05, 3.63) is 194 Å². The summed E-state index contributed by atoms with van der Waals surface area (Å²) in [7, 11) is 0. The highest BCUT2D eigenvalue weighted by Crippen LogP contribution is 2.46. The van der Waals surface area contributed by atoms with Gasteiger partial charge in [0, 0.05) is 54.7 Å². The molecule has 3 aromatic heterocycles. The van der Waals surface area contributed by atoms with Gasteiger partial charge >= 0.3 is 0 Å². The van der Waals surface area contributed by atoms with Crippen LogP contribution in [-0.4, -0.2) is 19.9 Å². The van der Waals surface area contributed by atoms with Gasteiger partial charge in [-0.25, -0.2) is 19.9 Å². The van der Waals surface area contributed by atoms with Crippen LogP contribution in [0, 0.1) is 0 Å². The molecule has 0 saturated carbocycles. The average molecular weight is 753 g/mol. The van der Waals surface area contributed by atoms with Gasteiger partial charge in [-0.1, -0.05) is 164 Å². The second kappa shape index (κ2) is 13.3. The lowest BCUT2D eigenvalue weighted by Gasteiger charge is -2.16. The normalized spacial score (nSPS) is 11.7. The van der Waals surface area contributed by atoms with E-state index in [2.05, 4.69) is 182 Å². The van der Waals surface area contributed by atoms with Gasteiger partial charge in [0.25, 0.3) is 0 Å². The van der Waals surface area contributed by atoms with E-state index in [1.807, 2.05) is 12.1 Å². The quantitative estimate of drug-likeness (QED) is 0.164. The van der Waals surface area contributed by atoms with Crippen LogP contribution in [0.5, 0.6) is 0 Å². The lowest BCUT2D eigenvalue weighted by Crippen LogP contribution is -2.00. The van der Waals surface area contributed by atoms with E-state index in [-0.39, 0.29) is 0 Å². The second-order valence-corrected chi connectivity index (χ2v) is 15.0. The molecular weight excluding hydrogens is 721 g/mol. The molecule has 0 atom stereocenters. The van der Waals surface area contributed by atoms with E-state index in [0.29, 0.717) is 17.5 Å². The van der Waals surface area contributed by atoms with Crippen molar-refractivity contribution in [2.75, 3.05) is 0 Å². The summed E-state index contributed by atoms with van der Waals surface area (Å²) in [6, 6.07) is 67.5. The van der Waals surface area contributed by atoms with E-state index in [4.69, 9.17) is 24.4 Å². The predicted octanol–water partition coefficient (Wildman–Crippen LogP) is 14.1. The van der Waals surface area contributed by atoms with Gasteiger partial charge in [-0.15, -0.1) is 0 Å². The highest BCUT2D eigenvalue weighted by Gasteiger charge is 2.22. The standard InChI is InChI=1S/C54H32N4O/c1-2-14-35(15-3-1)48-49-42-18-8-10-20-45(42)55-51(44(49)32-47-50(48)43-19-9-11-21-46(43)59-47)36-24-26-37(27-25-36)52-56-53(40-28-22-33-12-4-6-16-38(33)30-40)58-54(57-52)41-29-23-34-13-5-7-17-39(34)31-41/h1-32H.